The minimum Gasteiger partial charge on any atom is -0.389 e. The number of hydrogen-bond acceptors (Lipinski definition) is 3. The molecule has 0 bridgehead atoms. The van der Waals surface area contributed by atoms with Crippen LogP contribution >= 0.6 is 0 Å². The van der Waals surface area contributed by atoms with Crippen molar-refractivity contribution >= 4 is 0 Å². The molecule has 0 amide bonds. The highest BCUT2D eigenvalue weighted by molar-refractivity contribution is 5.07. The largest absolute Gasteiger partial charge is 0.389 e. The zero-order chi connectivity index (χ0) is 11.2. The highest BCUT2D eigenvalue weighted by atomic mass is 16.5. The topological polar surface area (TPSA) is 55.5 Å². The fourth-order valence-corrected chi connectivity index (χ4v) is 3.29. The molecule has 1 saturated carbocycles. The molecule has 1 aliphatic carbocycles. The molecule has 0 aromatic heterocycles. The Morgan fingerprint density at radius 1 is 1.27 bits per heavy atom. The molecular formula is C12H23NO2. The van der Waals surface area contributed by atoms with Crippen LogP contribution in [0.4, 0.5) is 0 Å². The Kier molecular flexibility index (Phi) is 2.61. The van der Waals surface area contributed by atoms with E-state index < -0.39 is 5.60 Å². The van der Waals surface area contributed by atoms with Gasteiger partial charge in [0.05, 0.1) is 12.2 Å². The van der Waals surface area contributed by atoms with Crippen molar-refractivity contribution in [3.8, 4) is 0 Å². The van der Waals surface area contributed by atoms with E-state index in [1.165, 1.54) is 0 Å². The van der Waals surface area contributed by atoms with Crippen molar-refractivity contribution in [2.45, 2.75) is 45.1 Å². The van der Waals surface area contributed by atoms with Crippen molar-refractivity contribution in [1.29, 1.82) is 0 Å². The van der Waals surface area contributed by atoms with Gasteiger partial charge in [0.1, 0.15) is 0 Å². The van der Waals surface area contributed by atoms with Gasteiger partial charge in [-0.05, 0) is 31.1 Å². The van der Waals surface area contributed by atoms with Crippen LogP contribution in [0.2, 0.25) is 0 Å². The van der Waals surface area contributed by atoms with E-state index >= 15 is 0 Å². The van der Waals surface area contributed by atoms with Crippen LogP contribution in [0.15, 0.2) is 0 Å². The summed E-state index contributed by atoms with van der Waals surface area (Å²) in [5.41, 5.74) is 5.36. The minimum atomic E-state index is -0.595. The summed E-state index contributed by atoms with van der Waals surface area (Å²) in [4.78, 5) is 0. The second kappa shape index (κ2) is 3.44. The standard InChI is InChI=1S/C12H23NO2/c1-10(2)3-4-12(14,7-10)11(8-13)5-6-15-9-11/h14H,3-9,13H2,1-2H3. The lowest BCUT2D eigenvalue weighted by Crippen LogP contribution is -2.52. The number of rotatable bonds is 2. The van der Waals surface area contributed by atoms with Crippen molar-refractivity contribution in [2.75, 3.05) is 19.8 Å². The van der Waals surface area contributed by atoms with E-state index in [1.54, 1.807) is 0 Å². The maximum absolute atomic E-state index is 10.8. The lowest BCUT2D eigenvalue weighted by molar-refractivity contribution is -0.0835. The van der Waals surface area contributed by atoms with E-state index in [2.05, 4.69) is 13.8 Å². The molecule has 0 spiro atoms. The van der Waals surface area contributed by atoms with Crippen molar-refractivity contribution in [3.63, 3.8) is 0 Å². The van der Waals surface area contributed by atoms with Gasteiger partial charge in [-0.1, -0.05) is 13.8 Å². The summed E-state index contributed by atoms with van der Waals surface area (Å²) in [6.07, 6.45) is 3.74. The van der Waals surface area contributed by atoms with Crippen LogP contribution in [0.25, 0.3) is 0 Å². The lowest BCUT2D eigenvalue weighted by Gasteiger charge is -2.41. The second-order valence-corrected chi connectivity index (χ2v) is 6.16. The van der Waals surface area contributed by atoms with Gasteiger partial charge in [-0.2, -0.15) is 0 Å². The first-order chi connectivity index (χ1) is 6.93. The third-order valence-corrected chi connectivity index (χ3v) is 4.47. The van der Waals surface area contributed by atoms with Crippen molar-refractivity contribution in [2.24, 2.45) is 16.6 Å². The molecule has 2 aliphatic rings. The summed E-state index contributed by atoms with van der Waals surface area (Å²) in [5, 5.41) is 10.8. The Balaban J connectivity index is 2.21. The first-order valence-corrected chi connectivity index (χ1v) is 5.93. The average molecular weight is 213 g/mol. The van der Waals surface area contributed by atoms with Gasteiger partial charge in [0.2, 0.25) is 0 Å². The molecule has 1 saturated heterocycles. The van der Waals surface area contributed by atoms with Gasteiger partial charge < -0.3 is 15.6 Å². The highest BCUT2D eigenvalue weighted by Crippen LogP contribution is 2.54. The first kappa shape index (κ1) is 11.4. The van der Waals surface area contributed by atoms with Gasteiger partial charge in [-0.15, -0.1) is 0 Å². The molecule has 2 atom stereocenters. The van der Waals surface area contributed by atoms with E-state index in [0.29, 0.717) is 13.2 Å². The Labute approximate surface area is 92.0 Å². The van der Waals surface area contributed by atoms with Crippen molar-refractivity contribution in [1.82, 2.24) is 0 Å². The molecule has 0 aromatic rings. The van der Waals surface area contributed by atoms with Crippen LogP contribution in [-0.4, -0.2) is 30.5 Å². The third-order valence-electron chi connectivity index (χ3n) is 4.47. The zero-order valence-electron chi connectivity index (χ0n) is 9.88. The van der Waals surface area contributed by atoms with Crippen molar-refractivity contribution < 1.29 is 9.84 Å². The van der Waals surface area contributed by atoms with Crippen LogP contribution in [0, 0.1) is 10.8 Å². The molecule has 3 N–H and O–H groups in total. The van der Waals surface area contributed by atoms with E-state index in [9.17, 15) is 5.11 Å². The Hall–Kier alpha value is -0.120. The zero-order valence-corrected chi connectivity index (χ0v) is 9.88. The van der Waals surface area contributed by atoms with E-state index in [-0.39, 0.29) is 10.8 Å². The van der Waals surface area contributed by atoms with Gasteiger partial charge in [0, 0.05) is 18.6 Å². The molecule has 2 rings (SSSR count). The summed E-state index contributed by atoms with van der Waals surface area (Å²) in [6, 6.07) is 0. The van der Waals surface area contributed by atoms with Crippen LogP contribution in [-0.2, 0) is 4.74 Å². The van der Waals surface area contributed by atoms with E-state index in [1.807, 2.05) is 0 Å². The normalized spacial score (nSPS) is 44.8. The predicted octanol–water partition coefficient (Wildman–Crippen LogP) is 1.29. The molecule has 1 heterocycles. The molecule has 2 fully saturated rings. The SMILES string of the molecule is CC1(C)CCC(O)(C2(CN)CCOC2)C1. The van der Waals surface area contributed by atoms with Crippen LogP contribution < -0.4 is 5.73 Å². The number of aliphatic hydroxyl groups is 1. The third kappa shape index (κ3) is 1.71. The fraction of sp³-hybridized carbons (Fsp3) is 1.00. The van der Waals surface area contributed by atoms with E-state index in [4.69, 9.17) is 10.5 Å². The maximum atomic E-state index is 10.8. The Morgan fingerprint density at radius 2 is 2.00 bits per heavy atom. The van der Waals surface area contributed by atoms with Gasteiger partial charge in [-0.25, -0.2) is 0 Å². The first-order valence-electron chi connectivity index (χ1n) is 5.93. The highest BCUT2D eigenvalue weighted by Gasteiger charge is 2.56. The summed E-state index contributed by atoms with van der Waals surface area (Å²) in [6.45, 7) is 6.38. The molecule has 2 unspecified atom stereocenters. The molecular weight excluding hydrogens is 190 g/mol. The van der Waals surface area contributed by atoms with Gasteiger partial charge in [0.25, 0.3) is 0 Å². The average Bonchev–Trinajstić information content (AvgIpc) is 2.72. The molecule has 3 heteroatoms. The van der Waals surface area contributed by atoms with Crippen LogP contribution in [0.5, 0.6) is 0 Å². The monoisotopic (exact) mass is 213 g/mol. The van der Waals surface area contributed by atoms with Crippen molar-refractivity contribution in [3.05, 3.63) is 0 Å². The summed E-state index contributed by atoms with van der Waals surface area (Å²) in [7, 11) is 0. The Bertz CT molecular complexity index is 246. The summed E-state index contributed by atoms with van der Waals surface area (Å²) >= 11 is 0. The number of nitrogens with two attached hydrogens (primary N) is 1. The second-order valence-electron chi connectivity index (χ2n) is 6.16. The minimum absolute atomic E-state index is 0.180. The van der Waals surface area contributed by atoms with Crippen LogP contribution in [0.1, 0.15) is 39.5 Å². The maximum Gasteiger partial charge on any atom is 0.0744 e. The quantitative estimate of drug-likeness (QED) is 0.727. The molecule has 0 aromatic carbocycles. The van der Waals surface area contributed by atoms with E-state index in [0.717, 1.165) is 32.3 Å². The smallest absolute Gasteiger partial charge is 0.0744 e. The number of hydrogen-bond donors (Lipinski definition) is 2. The molecule has 1 aliphatic heterocycles. The van der Waals surface area contributed by atoms with Crippen LogP contribution in [0.3, 0.4) is 0 Å². The molecule has 3 nitrogen and oxygen atoms in total. The number of ether oxygens (including phenoxy) is 1. The lowest BCUT2D eigenvalue weighted by atomic mass is 9.69. The molecule has 0 radical (unpaired) electrons. The van der Waals surface area contributed by atoms with Gasteiger partial charge in [0.15, 0.2) is 0 Å². The molecule has 15 heavy (non-hydrogen) atoms. The summed E-state index contributed by atoms with van der Waals surface area (Å²) in [5.74, 6) is 0. The predicted molar refractivity (Wildman–Crippen MR) is 59.5 cm³/mol. The fourth-order valence-electron chi connectivity index (χ4n) is 3.29. The Morgan fingerprint density at radius 3 is 2.40 bits per heavy atom. The summed E-state index contributed by atoms with van der Waals surface area (Å²) < 4.78 is 5.46. The molecule has 88 valence electrons. The van der Waals surface area contributed by atoms with Gasteiger partial charge in [-0.3, -0.25) is 0 Å². The van der Waals surface area contributed by atoms with Gasteiger partial charge >= 0.3 is 0 Å².